The van der Waals surface area contributed by atoms with E-state index in [0.717, 1.165) is 24.7 Å². The number of rotatable bonds is 5. The average molecular weight is 571 g/mol. The third-order valence-corrected chi connectivity index (χ3v) is 9.16. The molecule has 13 nitrogen and oxygen atoms in total. The van der Waals surface area contributed by atoms with Crippen LogP contribution < -0.4 is 5.73 Å². The van der Waals surface area contributed by atoms with Gasteiger partial charge in [0.25, 0.3) is 5.91 Å². The molecule has 3 atom stereocenters. The van der Waals surface area contributed by atoms with Crippen LogP contribution in [0.1, 0.15) is 47.9 Å². The lowest BCUT2D eigenvalue weighted by molar-refractivity contribution is 0.0556. The molecule has 0 aliphatic carbocycles. The normalized spacial score (nSPS) is 20.5. The van der Waals surface area contributed by atoms with Gasteiger partial charge in [-0.2, -0.15) is 9.61 Å². The SMILES string of the molecule is CS(=O)(=O)c1c([C@H]2C[C@H]3CC[C@@H](C2)N3C(=O)c2nnc[nH]2)nc2c(-c3cnc(-c4ccccc4)nc3)cnn2c1N. The molecule has 4 aromatic heterocycles. The van der Waals surface area contributed by atoms with Gasteiger partial charge in [0.1, 0.15) is 17.0 Å². The van der Waals surface area contributed by atoms with Crippen LogP contribution in [0.15, 0.2) is 60.1 Å². The van der Waals surface area contributed by atoms with E-state index in [0.29, 0.717) is 41.1 Å². The smallest absolute Gasteiger partial charge is 0.292 e. The van der Waals surface area contributed by atoms with Crippen LogP contribution in [0.3, 0.4) is 0 Å². The van der Waals surface area contributed by atoms with Gasteiger partial charge in [0.2, 0.25) is 5.82 Å². The molecule has 3 N–H and O–H groups in total. The molecule has 7 rings (SSSR count). The summed E-state index contributed by atoms with van der Waals surface area (Å²) in [5.74, 6) is 0.374. The van der Waals surface area contributed by atoms with Gasteiger partial charge in [-0.25, -0.2) is 23.4 Å². The Kier molecular flexibility index (Phi) is 5.81. The zero-order valence-electron chi connectivity index (χ0n) is 22.0. The average Bonchev–Trinajstić information content (AvgIpc) is 3.71. The zero-order chi connectivity index (χ0) is 28.3. The van der Waals surface area contributed by atoms with Crippen LogP contribution in [0, 0.1) is 0 Å². The number of piperidine rings is 1. The third kappa shape index (κ3) is 4.22. The number of carbonyl (C=O) groups excluding carboxylic acids is 1. The highest BCUT2D eigenvalue weighted by Crippen LogP contribution is 2.45. The summed E-state index contributed by atoms with van der Waals surface area (Å²) < 4.78 is 27.5. The van der Waals surface area contributed by atoms with Crippen LogP contribution in [-0.2, 0) is 9.84 Å². The summed E-state index contributed by atoms with van der Waals surface area (Å²) >= 11 is 0. The van der Waals surface area contributed by atoms with Crippen LogP contribution >= 0.6 is 0 Å². The summed E-state index contributed by atoms with van der Waals surface area (Å²) in [6.07, 6.45) is 10.2. The Labute approximate surface area is 234 Å². The second-order valence-electron chi connectivity index (χ2n) is 10.5. The fourth-order valence-electron chi connectivity index (χ4n) is 6.25. The number of H-pyrrole nitrogens is 1. The van der Waals surface area contributed by atoms with Crippen molar-refractivity contribution in [3.63, 3.8) is 0 Å². The van der Waals surface area contributed by atoms with Gasteiger partial charge in [-0.3, -0.25) is 4.79 Å². The topological polar surface area (TPSA) is 178 Å². The Morgan fingerprint density at radius 1 is 1.02 bits per heavy atom. The molecule has 41 heavy (non-hydrogen) atoms. The van der Waals surface area contributed by atoms with Crippen molar-refractivity contribution in [3.8, 4) is 22.5 Å². The second kappa shape index (κ2) is 9.44. The standard InChI is InChI=1S/C27H26N10O3S/c1-41(39,40)22-21(16-9-18-7-8-19(10-16)36(18)27(38)25-31-14-32-35-25)34-26-20(13-33-37(26)23(22)28)17-11-29-24(30-12-17)15-5-3-2-4-6-15/h2-6,11-14,16,18-19H,7-10,28H2,1H3,(H,31,32,35)/t16-,18+,19-. The number of sulfone groups is 1. The van der Waals surface area contributed by atoms with Crippen molar-refractivity contribution in [2.75, 3.05) is 12.0 Å². The highest BCUT2D eigenvalue weighted by molar-refractivity contribution is 7.91. The Morgan fingerprint density at radius 2 is 1.73 bits per heavy atom. The van der Waals surface area contributed by atoms with Crippen LogP contribution in [0.2, 0.25) is 0 Å². The van der Waals surface area contributed by atoms with E-state index in [1.54, 1.807) is 18.6 Å². The van der Waals surface area contributed by atoms with E-state index in [4.69, 9.17) is 10.7 Å². The first-order valence-electron chi connectivity index (χ1n) is 13.2. The van der Waals surface area contributed by atoms with Gasteiger partial charge >= 0.3 is 0 Å². The number of anilines is 1. The van der Waals surface area contributed by atoms with Gasteiger partial charge in [-0.15, -0.1) is 10.2 Å². The van der Waals surface area contributed by atoms with E-state index >= 15 is 0 Å². The van der Waals surface area contributed by atoms with Crippen LogP contribution in [0.25, 0.3) is 28.2 Å². The fourth-order valence-corrected chi connectivity index (χ4v) is 7.30. The summed E-state index contributed by atoms with van der Waals surface area (Å²) in [7, 11) is -3.75. The number of hydrogen-bond donors (Lipinski definition) is 2. The van der Waals surface area contributed by atoms with Crippen LogP contribution in [0.4, 0.5) is 5.82 Å². The van der Waals surface area contributed by atoms with E-state index in [9.17, 15) is 13.2 Å². The van der Waals surface area contributed by atoms with Gasteiger partial charge in [0.15, 0.2) is 21.3 Å². The Hall–Kier alpha value is -4.72. The number of fused-ring (bicyclic) bond motifs is 3. The fraction of sp³-hybridized carbons (Fsp3) is 0.296. The first kappa shape index (κ1) is 25.3. The Bertz CT molecular complexity index is 1860. The van der Waals surface area contributed by atoms with Crippen LogP contribution in [0.5, 0.6) is 0 Å². The third-order valence-electron chi connectivity index (χ3n) is 8.00. The lowest BCUT2D eigenvalue weighted by Crippen LogP contribution is -2.46. The summed E-state index contributed by atoms with van der Waals surface area (Å²) in [6, 6.07) is 9.49. The minimum absolute atomic E-state index is 0.00749. The molecule has 2 aliphatic heterocycles. The largest absolute Gasteiger partial charge is 0.382 e. The molecule has 0 saturated carbocycles. The summed E-state index contributed by atoms with van der Waals surface area (Å²) in [5.41, 5.74) is 9.53. The molecule has 14 heteroatoms. The van der Waals surface area contributed by atoms with Gasteiger partial charge < -0.3 is 15.6 Å². The molecule has 6 heterocycles. The maximum atomic E-state index is 13.1. The maximum Gasteiger partial charge on any atom is 0.292 e. The lowest BCUT2D eigenvalue weighted by atomic mass is 9.87. The molecular weight excluding hydrogens is 544 g/mol. The number of nitrogens with two attached hydrogens (primary N) is 1. The van der Waals surface area contributed by atoms with Crippen molar-refractivity contribution in [2.45, 2.75) is 48.6 Å². The number of aromatic nitrogens is 8. The number of aromatic amines is 1. The number of nitrogens with one attached hydrogen (secondary N) is 1. The Balaban J connectivity index is 1.29. The molecular formula is C27H26N10O3S. The molecule has 2 saturated heterocycles. The Morgan fingerprint density at radius 3 is 2.37 bits per heavy atom. The lowest BCUT2D eigenvalue weighted by Gasteiger charge is -2.38. The second-order valence-corrected chi connectivity index (χ2v) is 12.5. The van der Waals surface area contributed by atoms with E-state index < -0.39 is 9.84 Å². The van der Waals surface area contributed by atoms with Crippen molar-refractivity contribution in [3.05, 3.63) is 66.8 Å². The predicted octanol–water partition coefficient (Wildman–Crippen LogP) is 2.51. The minimum Gasteiger partial charge on any atom is -0.382 e. The van der Waals surface area contributed by atoms with Crippen molar-refractivity contribution < 1.29 is 13.2 Å². The van der Waals surface area contributed by atoms with Crippen molar-refractivity contribution >= 4 is 27.2 Å². The van der Waals surface area contributed by atoms with Gasteiger partial charge in [0.05, 0.1) is 11.9 Å². The molecule has 1 amide bonds. The molecule has 2 fully saturated rings. The maximum absolute atomic E-state index is 13.1. The molecule has 2 aliphatic rings. The zero-order valence-corrected chi connectivity index (χ0v) is 22.9. The van der Waals surface area contributed by atoms with Gasteiger partial charge in [0, 0.05) is 53.3 Å². The summed E-state index contributed by atoms with van der Waals surface area (Å²) in [5, 5.41) is 12.0. The first-order valence-corrected chi connectivity index (χ1v) is 15.1. The number of benzene rings is 1. The van der Waals surface area contributed by atoms with E-state index in [2.05, 4.69) is 30.2 Å². The highest BCUT2D eigenvalue weighted by Gasteiger charge is 2.46. The van der Waals surface area contributed by atoms with Crippen molar-refractivity contribution in [1.29, 1.82) is 0 Å². The molecule has 1 aromatic carbocycles. The van der Waals surface area contributed by atoms with Gasteiger partial charge in [-0.1, -0.05) is 30.3 Å². The first-order chi connectivity index (χ1) is 19.8. The molecule has 0 spiro atoms. The number of amides is 1. The van der Waals surface area contributed by atoms with Crippen LogP contribution in [-0.4, -0.2) is 77.3 Å². The molecule has 0 unspecified atom stereocenters. The van der Waals surface area contributed by atoms with Crippen molar-refractivity contribution in [2.24, 2.45) is 0 Å². The molecule has 208 valence electrons. The van der Waals surface area contributed by atoms with Crippen molar-refractivity contribution in [1.82, 2.24) is 44.6 Å². The summed E-state index contributed by atoms with van der Waals surface area (Å²) in [4.78, 5) is 31.7. The number of nitrogens with zero attached hydrogens (tertiary/aromatic N) is 8. The molecule has 0 radical (unpaired) electrons. The van der Waals surface area contributed by atoms with E-state index in [-0.39, 0.29) is 40.4 Å². The number of nitrogen functional groups attached to an aromatic ring is 1. The number of carbonyl (C=O) groups is 1. The summed E-state index contributed by atoms with van der Waals surface area (Å²) in [6.45, 7) is 0. The van der Waals surface area contributed by atoms with Gasteiger partial charge in [-0.05, 0) is 25.7 Å². The predicted molar refractivity (Wildman–Crippen MR) is 148 cm³/mol. The number of hydrogen-bond acceptors (Lipinski definition) is 10. The molecule has 5 aromatic rings. The van der Waals surface area contributed by atoms with E-state index in [1.165, 1.54) is 10.8 Å². The van der Waals surface area contributed by atoms with E-state index in [1.807, 2.05) is 35.2 Å². The monoisotopic (exact) mass is 570 g/mol. The minimum atomic E-state index is -3.75. The quantitative estimate of drug-likeness (QED) is 0.319. The molecule has 2 bridgehead atoms. The highest BCUT2D eigenvalue weighted by atomic mass is 32.2.